The molecule has 8 heteroatoms. The molecule has 2 aromatic rings. The summed E-state index contributed by atoms with van der Waals surface area (Å²) in [6.45, 7) is 1.56. The zero-order chi connectivity index (χ0) is 16.6. The van der Waals surface area contributed by atoms with Crippen LogP contribution in [0.4, 0.5) is 0 Å². The van der Waals surface area contributed by atoms with Crippen molar-refractivity contribution < 1.29 is 24.2 Å². The number of para-hydroxylation sites is 1. The highest BCUT2D eigenvalue weighted by atomic mass is 32.1. The van der Waals surface area contributed by atoms with E-state index in [1.54, 1.807) is 31.2 Å². The van der Waals surface area contributed by atoms with Crippen LogP contribution in [0.1, 0.15) is 6.92 Å². The van der Waals surface area contributed by atoms with Gasteiger partial charge in [0.2, 0.25) is 0 Å². The zero-order valence-corrected chi connectivity index (χ0v) is 12.7. The molecule has 1 aromatic carbocycles. The molecule has 0 aliphatic carbocycles. The molecule has 1 aliphatic rings. The average molecular weight is 333 g/mol. The molecular weight excluding hydrogens is 322 g/mol. The lowest BCUT2D eigenvalue weighted by molar-refractivity contribution is -0.152. The van der Waals surface area contributed by atoms with Crippen LogP contribution in [0.25, 0.3) is 15.9 Å². The highest BCUT2D eigenvalue weighted by Crippen LogP contribution is 2.21. The predicted octanol–water partition coefficient (Wildman–Crippen LogP) is 1.79. The van der Waals surface area contributed by atoms with Gasteiger partial charge in [0.05, 0.1) is 10.2 Å². The number of thiazole rings is 1. The standard InChI is InChI=1S/C15H11NO6S/c1-8-6-12(22-14(8)19)21-7-10(13(17)18)16-9-4-2-3-5-11(9)23-15(16)20/h2-7,12H,1H3,(H,17,18)/b10-7-. The Morgan fingerprint density at radius 3 is 2.78 bits per heavy atom. The molecule has 0 saturated carbocycles. The van der Waals surface area contributed by atoms with Gasteiger partial charge in [-0.15, -0.1) is 0 Å². The monoisotopic (exact) mass is 333 g/mol. The molecule has 0 spiro atoms. The third kappa shape index (κ3) is 2.76. The van der Waals surface area contributed by atoms with Crippen molar-refractivity contribution in [2.75, 3.05) is 0 Å². The van der Waals surface area contributed by atoms with E-state index in [-0.39, 0.29) is 5.70 Å². The van der Waals surface area contributed by atoms with Gasteiger partial charge in [-0.05, 0) is 19.1 Å². The Morgan fingerprint density at radius 2 is 2.13 bits per heavy atom. The van der Waals surface area contributed by atoms with Crippen LogP contribution < -0.4 is 4.87 Å². The molecule has 3 rings (SSSR count). The van der Waals surface area contributed by atoms with Crippen molar-refractivity contribution >= 4 is 39.2 Å². The summed E-state index contributed by atoms with van der Waals surface area (Å²) < 4.78 is 11.8. The Kier molecular flexibility index (Phi) is 3.75. The second-order valence-electron chi connectivity index (χ2n) is 4.74. The van der Waals surface area contributed by atoms with Crippen molar-refractivity contribution in [3.05, 3.63) is 51.8 Å². The first-order valence-electron chi connectivity index (χ1n) is 6.56. The number of ether oxygens (including phenoxy) is 2. The summed E-state index contributed by atoms with van der Waals surface area (Å²) in [6, 6.07) is 6.83. The van der Waals surface area contributed by atoms with Crippen molar-refractivity contribution in [2.45, 2.75) is 13.2 Å². The van der Waals surface area contributed by atoms with Crippen LogP contribution in [0.5, 0.6) is 0 Å². The van der Waals surface area contributed by atoms with Crippen LogP contribution in [-0.2, 0) is 19.1 Å². The maximum absolute atomic E-state index is 12.1. The SMILES string of the molecule is CC1=CC(O/C=C(/C(=O)O)n2c(=O)sc3ccccc32)OC1=O. The first-order chi connectivity index (χ1) is 11.0. The van der Waals surface area contributed by atoms with Gasteiger partial charge in [0, 0.05) is 11.6 Å². The van der Waals surface area contributed by atoms with Crippen molar-refractivity contribution in [2.24, 2.45) is 0 Å². The first kappa shape index (κ1) is 15.0. The second kappa shape index (κ2) is 5.73. The number of carboxylic acids is 1. The Labute approximate surface area is 133 Å². The number of esters is 1. The number of carboxylic acid groups (broad SMARTS) is 1. The number of fused-ring (bicyclic) bond motifs is 1. The van der Waals surface area contributed by atoms with Gasteiger partial charge in [-0.25, -0.2) is 9.59 Å². The van der Waals surface area contributed by atoms with E-state index in [1.807, 2.05) is 0 Å². The van der Waals surface area contributed by atoms with E-state index in [1.165, 1.54) is 6.08 Å². The highest BCUT2D eigenvalue weighted by Gasteiger charge is 2.24. The minimum atomic E-state index is -1.33. The quantitative estimate of drug-likeness (QED) is 0.521. The molecule has 1 aromatic heterocycles. The number of cyclic esters (lactones) is 1. The number of carbonyl (C=O) groups is 2. The number of hydrogen-bond acceptors (Lipinski definition) is 6. The Morgan fingerprint density at radius 1 is 1.39 bits per heavy atom. The minimum Gasteiger partial charge on any atom is -0.476 e. The number of nitrogens with zero attached hydrogens (tertiary/aromatic N) is 1. The smallest absolute Gasteiger partial charge is 0.356 e. The zero-order valence-electron chi connectivity index (χ0n) is 11.9. The molecule has 2 heterocycles. The van der Waals surface area contributed by atoms with E-state index >= 15 is 0 Å². The van der Waals surface area contributed by atoms with Gasteiger partial charge in [-0.3, -0.25) is 9.36 Å². The van der Waals surface area contributed by atoms with Gasteiger partial charge in [0.1, 0.15) is 6.26 Å². The minimum absolute atomic E-state index is 0.360. The highest BCUT2D eigenvalue weighted by molar-refractivity contribution is 7.16. The topological polar surface area (TPSA) is 94.8 Å². The van der Waals surface area contributed by atoms with Gasteiger partial charge >= 0.3 is 16.8 Å². The Balaban J connectivity index is 2.00. The van der Waals surface area contributed by atoms with Crippen LogP contribution in [0.15, 0.2) is 47.0 Å². The van der Waals surface area contributed by atoms with E-state index in [4.69, 9.17) is 9.47 Å². The van der Waals surface area contributed by atoms with Gasteiger partial charge in [-0.1, -0.05) is 23.5 Å². The van der Waals surface area contributed by atoms with Gasteiger partial charge in [0.25, 0.3) is 6.29 Å². The predicted molar refractivity (Wildman–Crippen MR) is 82.7 cm³/mol. The molecule has 0 saturated heterocycles. The molecule has 118 valence electrons. The third-order valence-corrected chi connectivity index (χ3v) is 4.11. The average Bonchev–Trinajstić information content (AvgIpc) is 2.99. The maximum Gasteiger partial charge on any atom is 0.356 e. The third-order valence-electron chi connectivity index (χ3n) is 3.19. The fraction of sp³-hybridized carbons (Fsp3) is 0.133. The van der Waals surface area contributed by atoms with E-state index in [2.05, 4.69) is 0 Å². The molecule has 0 amide bonds. The fourth-order valence-corrected chi connectivity index (χ4v) is 2.98. The van der Waals surface area contributed by atoms with Gasteiger partial charge in [0.15, 0.2) is 5.70 Å². The molecule has 7 nitrogen and oxygen atoms in total. The summed E-state index contributed by atoms with van der Waals surface area (Å²) in [5.74, 6) is -1.86. The number of rotatable bonds is 4. The van der Waals surface area contributed by atoms with E-state index in [0.29, 0.717) is 15.8 Å². The number of aromatic nitrogens is 1. The lowest BCUT2D eigenvalue weighted by atomic mass is 10.3. The van der Waals surface area contributed by atoms with Crippen molar-refractivity contribution in [3.8, 4) is 0 Å². The number of hydrogen-bond donors (Lipinski definition) is 1. The summed E-state index contributed by atoms with van der Waals surface area (Å²) in [7, 11) is 0. The number of carbonyl (C=O) groups excluding carboxylic acids is 1. The van der Waals surface area contributed by atoms with Gasteiger partial charge < -0.3 is 14.6 Å². The van der Waals surface area contributed by atoms with Crippen LogP contribution in [0, 0.1) is 0 Å². The lowest BCUT2D eigenvalue weighted by Crippen LogP contribution is -2.19. The molecule has 1 unspecified atom stereocenters. The fourth-order valence-electron chi connectivity index (χ4n) is 2.10. The molecular formula is C15H11NO6S. The van der Waals surface area contributed by atoms with E-state index < -0.39 is 23.1 Å². The number of aliphatic carboxylic acids is 1. The molecule has 1 atom stereocenters. The van der Waals surface area contributed by atoms with Crippen molar-refractivity contribution in [1.29, 1.82) is 0 Å². The molecule has 1 N–H and O–H groups in total. The molecule has 23 heavy (non-hydrogen) atoms. The lowest BCUT2D eigenvalue weighted by Gasteiger charge is -2.09. The molecule has 0 fully saturated rings. The Hall–Kier alpha value is -2.87. The van der Waals surface area contributed by atoms with Crippen LogP contribution in [-0.4, -0.2) is 27.9 Å². The molecule has 0 radical (unpaired) electrons. The van der Waals surface area contributed by atoms with Gasteiger partial charge in [-0.2, -0.15) is 0 Å². The molecule has 0 bridgehead atoms. The maximum atomic E-state index is 12.1. The normalized spacial score (nSPS) is 18.0. The largest absolute Gasteiger partial charge is 0.476 e. The van der Waals surface area contributed by atoms with Crippen molar-refractivity contribution in [1.82, 2.24) is 4.57 Å². The summed E-state index contributed by atoms with van der Waals surface area (Å²) in [5.41, 5.74) is 0.481. The second-order valence-corrected chi connectivity index (χ2v) is 5.73. The Bertz CT molecular complexity index is 919. The van der Waals surface area contributed by atoms with Crippen LogP contribution >= 0.6 is 11.3 Å². The summed E-state index contributed by atoms with van der Waals surface area (Å²) >= 11 is 0.934. The number of benzene rings is 1. The van der Waals surface area contributed by atoms with Crippen LogP contribution in [0.3, 0.4) is 0 Å². The van der Waals surface area contributed by atoms with Crippen molar-refractivity contribution in [3.63, 3.8) is 0 Å². The summed E-state index contributed by atoms with van der Waals surface area (Å²) in [5, 5.41) is 9.38. The molecule has 1 aliphatic heterocycles. The summed E-state index contributed by atoms with van der Waals surface area (Å²) in [6.07, 6.45) is 1.33. The summed E-state index contributed by atoms with van der Waals surface area (Å²) in [4.78, 5) is 34.4. The van der Waals surface area contributed by atoms with E-state index in [0.717, 1.165) is 22.2 Å². The van der Waals surface area contributed by atoms with Crippen LogP contribution in [0.2, 0.25) is 0 Å². The first-order valence-corrected chi connectivity index (χ1v) is 7.38. The van der Waals surface area contributed by atoms with E-state index in [9.17, 15) is 19.5 Å².